The van der Waals surface area contributed by atoms with Crippen LogP contribution < -0.4 is 9.64 Å². The Bertz CT molecular complexity index is 859. The van der Waals surface area contributed by atoms with E-state index in [1.807, 2.05) is 12.1 Å². The summed E-state index contributed by atoms with van der Waals surface area (Å²) < 4.78 is 8.82. The van der Waals surface area contributed by atoms with E-state index in [0.717, 1.165) is 26.8 Å². The molecule has 0 bridgehead atoms. The molecule has 0 radical (unpaired) electrons. The van der Waals surface area contributed by atoms with E-state index >= 15 is 0 Å². The molecule has 0 saturated heterocycles. The Balaban J connectivity index is 1.94. The topological polar surface area (TPSA) is 12.5 Å². The Labute approximate surface area is 159 Å². The fraction of sp³-hybridized carbons (Fsp3) is 0.300. The number of fused-ring (bicyclic) bond motifs is 2. The van der Waals surface area contributed by atoms with Crippen molar-refractivity contribution in [3.63, 3.8) is 0 Å². The molecule has 4 rings (SSSR count). The second-order valence-electron chi connectivity index (χ2n) is 6.82. The highest BCUT2D eigenvalue weighted by Gasteiger charge is 2.58. The van der Waals surface area contributed by atoms with E-state index < -0.39 is 5.72 Å². The first-order valence-electron chi connectivity index (χ1n) is 8.15. The molecule has 24 heavy (non-hydrogen) atoms. The van der Waals surface area contributed by atoms with Crippen LogP contribution in [-0.2, 0) is 5.41 Å². The van der Waals surface area contributed by atoms with Gasteiger partial charge in [0.15, 0.2) is 0 Å². The Morgan fingerprint density at radius 2 is 1.92 bits per heavy atom. The van der Waals surface area contributed by atoms with Gasteiger partial charge in [0.1, 0.15) is 5.75 Å². The Morgan fingerprint density at radius 1 is 1.12 bits per heavy atom. The minimum Gasteiger partial charge on any atom is -0.462 e. The van der Waals surface area contributed by atoms with Crippen LogP contribution in [0.4, 0.5) is 5.69 Å². The number of hydrogen-bond donors (Lipinski definition) is 0. The summed E-state index contributed by atoms with van der Waals surface area (Å²) >= 11 is 7.28. The van der Waals surface area contributed by atoms with Crippen molar-refractivity contribution in [2.24, 2.45) is 0 Å². The maximum Gasteiger partial charge on any atom is 0.212 e. The Kier molecular flexibility index (Phi) is 3.63. The van der Waals surface area contributed by atoms with Crippen LogP contribution in [0.2, 0.25) is 0 Å². The molecule has 0 fully saturated rings. The molecule has 2 heterocycles. The zero-order chi connectivity index (χ0) is 17.1. The predicted molar refractivity (Wildman–Crippen MR) is 107 cm³/mol. The van der Waals surface area contributed by atoms with Gasteiger partial charge in [-0.25, -0.2) is 0 Å². The maximum absolute atomic E-state index is 6.73. The summed E-state index contributed by atoms with van der Waals surface area (Å²) in [6.07, 6.45) is 4.41. The second kappa shape index (κ2) is 5.37. The fourth-order valence-corrected chi connectivity index (χ4v) is 4.82. The van der Waals surface area contributed by atoms with Crippen molar-refractivity contribution in [3.05, 3.63) is 62.5 Å². The molecule has 0 aliphatic carbocycles. The van der Waals surface area contributed by atoms with Crippen LogP contribution in [-0.4, -0.2) is 12.3 Å². The van der Waals surface area contributed by atoms with Gasteiger partial charge in [0, 0.05) is 22.3 Å². The lowest BCUT2D eigenvalue weighted by Crippen LogP contribution is -2.59. The molecule has 124 valence electrons. The molecular formula is C20H19Br2NO. The van der Waals surface area contributed by atoms with Gasteiger partial charge in [0.25, 0.3) is 0 Å². The summed E-state index contributed by atoms with van der Waals surface area (Å²) in [5.74, 6) is 0.915. The minimum absolute atomic E-state index is 0.189. The molecule has 0 saturated carbocycles. The first-order valence-corrected chi connectivity index (χ1v) is 9.74. The maximum atomic E-state index is 6.73. The standard InChI is InChI=1S/C20H19Br2NO/c1-4-23-17-9-8-14(21)12-15(17)19(2,3)20(23)11-10-13-6-5-7-16(22)18(13)24-20/h5-12H,4H2,1-3H3/t20-/m0/s1. The minimum atomic E-state index is -0.526. The number of likely N-dealkylation sites (N-methyl/N-ethyl adjacent to an activating group) is 1. The van der Waals surface area contributed by atoms with Crippen molar-refractivity contribution in [1.29, 1.82) is 0 Å². The van der Waals surface area contributed by atoms with Crippen LogP contribution in [0, 0.1) is 0 Å². The largest absolute Gasteiger partial charge is 0.462 e. The normalized spacial score (nSPS) is 23.1. The molecule has 2 aromatic rings. The monoisotopic (exact) mass is 447 g/mol. The zero-order valence-corrected chi connectivity index (χ0v) is 17.1. The third-order valence-electron chi connectivity index (χ3n) is 5.28. The second-order valence-corrected chi connectivity index (χ2v) is 8.59. The van der Waals surface area contributed by atoms with E-state index in [2.05, 4.69) is 93.9 Å². The van der Waals surface area contributed by atoms with E-state index in [-0.39, 0.29) is 5.41 Å². The summed E-state index contributed by atoms with van der Waals surface area (Å²) in [4.78, 5) is 2.37. The SMILES string of the molecule is CCN1c2ccc(Br)cc2C(C)(C)[C@@]12C=Cc1cccc(Br)c1O2. The first-order chi connectivity index (χ1) is 11.4. The fourth-order valence-electron chi connectivity index (χ4n) is 4.00. The quantitative estimate of drug-likeness (QED) is 0.520. The van der Waals surface area contributed by atoms with Crippen LogP contribution in [0.25, 0.3) is 6.08 Å². The highest BCUT2D eigenvalue weighted by molar-refractivity contribution is 9.10. The average Bonchev–Trinajstić information content (AvgIpc) is 2.73. The number of benzene rings is 2. The lowest BCUT2D eigenvalue weighted by molar-refractivity contribution is 0.0536. The van der Waals surface area contributed by atoms with Gasteiger partial charge in [-0.15, -0.1) is 0 Å². The summed E-state index contributed by atoms with van der Waals surface area (Å²) in [6.45, 7) is 7.59. The van der Waals surface area contributed by atoms with Crippen molar-refractivity contribution in [3.8, 4) is 5.75 Å². The number of ether oxygens (including phenoxy) is 1. The molecular weight excluding hydrogens is 430 g/mol. The van der Waals surface area contributed by atoms with Gasteiger partial charge in [-0.1, -0.05) is 28.1 Å². The molecule has 0 aromatic heterocycles. The van der Waals surface area contributed by atoms with Crippen LogP contribution in [0.5, 0.6) is 5.75 Å². The van der Waals surface area contributed by atoms with Crippen molar-refractivity contribution in [2.75, 3.05) is 11.4 Å². The van der Waals surface area contributed by atoms with Gasteiger partial charge in [-0.05, 0) is 78.7 Å². The molecule has 1 spiro atoms. The van der Waals surface area contributed by atoms with Gasteiger partial charge in [0.2, 0.25) is 5.72 Å². The molecule has 2 aliphatic rings. The van der Waals surface area contributed by atoms with Gasteiger partial charge in [-0.2, -0.15) is 0 Å². The summed E-state index contributed by atoms with van der Waals surface area (Å²) in [7, 11) is 0. The molecule has 4 heteroatoms. The van der Waals surface area contributed by atoms with Crippen molar-refractivity contribution in [2.45, 2.75) is 31.9 Å². The number of nitrogens with zero attached hydrogens (tertiary/aromatic N) is 1. The number of hydrogen-bond acceptors (Lipinski definition) is 2. The summed E-state index contributed by atoms with van der Waals surface area (Å²) in [5, 5.41) is 0. The average molecular weight is 449 g/mol. The molecule has 2 aliphatic heterocycles. The zero-order valence-electron chi connectivity index (χ0n) is 13.9. The number of para-hydroxylation sites is 1. The van der Waals surface area contributed by atoms with Crippen LogP contribution in [0.15, 0.2) is 51.4 Å². The molecule has 0 N–H and O–H groups in total. The molecule has 0 unspecified atom stereocenters. The number of rotatable bonds is 1. The highest BCUT2D eigenvalue weighted by Crippen LogP contribution is 2.55. The van der Waals surface area contributed by atoms with Crippen LogP contribution in [0.1, 0.15) is 31.9 Å². The van der Waals surface area contributed by atoms with E-state index in [9.17, 15) is 0 Å². The molecule has 0 amide bonds. The molecule has 2 nitrogen and oxygen atoms in total. The van der Waals surface area contributed by atoms with Crippen molar-refractivity contribution < 1.29 is 4.74 Å². The molecule has 2 aromatic carbocycles. The lowest BCUT2D eigenvalue weighted by atomic mass is 9.76. The summed E-state index contributed by atoms with van der Waals surface area (Å²) in [6, 6.07) is 12.7. The van der Waals surface area contributed by atoms with E-state index in [1.54, 1.807) is 0 Å². The van der Waals surface area contributed by atoms with Gasteiger partial charge in [0.05, 0.1) is 9.89 Å². The van der Waals surface area contributed by atoms with E-state index in [1.165, 1.54) is 11.3 Å². The van der Waals surface area contributed by atoms with Gasteiger partial charge in [-0.3, -0.25) is 0 Å². The Morgan fingerprint density at radius 3 is 2.67 bits per heavy atom. The summed E-state index contributed by atoms with van der Waals surface area (Å²) in [5.41, 5.74) is 2.94. The first kappa shape index (κ1) is 16.2. The number of anilines is 1. The third kappa shape index (κ3) is 1.99. The number of halogens is 2. The predicted octanol–water partition coefficient (Wildman–Crippen LogP) is 6.13. The third-order valence-corrected chi connectivity index (χ3v) is 6.40. The van der Waals surface area contributed by atoms with Gasteiger partial charge < -0.3 is 9.64 Å². The highest BCUT2D eigenvalue weighted by atomic mass is 79.9. The Hall–Kier alpha value is -1.26. The van der Waals surface area contributed by atoms with Crippen LogP contribution in [0.3, 0.4) is 0 Å². The smallest absolute Gasteiger partial charge is 0.212 e. The van der Waals surface area contributed by atoms with Crippen LogP contribution >= 0.6 is 31.9 Å². The van der Waals surface area contributed by atoms with Gasteiger partial charge >= 0.3 is 0 Å². The molecule has 1 atom stereocenters. The van der Waals surface area contributed by atoms with E-state index in [4.69, 9.17) is 4.74 Å². The van der Waals surface area contributed by atoms with Crippen molar-refractivity contribution in [1.82, 2.24) is 0 Å². The van der Waals surface area contributed by atoms with Crippen molar-refractivity contribution >= 4 is 43.6 Å². The van der Waals surface area contributed by atoms with E-state index in [0.29, 0.717) is 0 Å². The lowest BCUT2D eigenvalue weighted by Gasteiger charge is -2.47.